The molecule has 2 fully saturated rings. The highest BCUT2D eigenvalue weighted by atomic mass is 16.5. The summed E-state index contributed by atoms with van der Waals surface area (Å²) >= 11 is 0. The number of nitrogens with zero attached hydrogens (tertiary/aromatic N) is 8. The number of nitrogens with one attached hydrogen (secondary N) is 1. The highest BCUT2D eigenvalue weighted by Crippen LogP contribution is 2.33. The van der Waals surface area contributed by atoms with Crippen LogP contribution in [-0.2, 0) is 16.0 Å². The first-order chi connectivity index (χ1) is 19.6. The molecule has 0 bridgehead atoms. The number of pyridine rings is 1. The molecule has 0 aliphatic carbocycles. The van der Waals surface area contributed by atoms with E-state index in [0.717, 1.165) is 105 Å². The lowest BCUT2D eigenvalue weighted by atomic mass is 10.1. The van der Waals surface area contributed by atoms with Crippen molar-refractivity contribution in [3.05, 3.63) is 43.0 Å². The van der Waals surface area contributed by atoms with Crippen LogP contribution in [0.3, 0.4) is 0 Å². The van der Waals surface area contributed by atoms with Gasteiger partial charge in [-0.25, -0.2) is 9.97 Å². The molecule has 0 spiro atoms. The Hall–Kier alpha value is -3.54. The monoisotopic (exact) mass is 545 g/mol. The molecule has 2 saturated heterocycles. The Bertz CT molecular complexity index is 1420. The molecule has 4 aromatic rings. The maximum atomic E-state index is 5.50. The van der Waals surface area contributed by atoms with E-state index in [4.69, 9.17) is 24.5 Å². The summed E-state index contributed by atoms with van der Waals surface area (Å²) in [5.41, 5.74) is 3.17. The van der Waals surface area contributed by atoms with E-state index in [1.54, 1.807) is 13.3 Å². The molecule has 0 atom stereocenters. The van der Waals surface area contributed by atoms with Gasteiger partial charge in [-0.3, -0.25) is 9.58 Å². The summed E-state index contributed by atoms with van der Waals surface area (Å²) in [7, 11) is 1.78. The lowest BCUT2D eigenvalue weighted by Gasteiger charge is -2.31. The number of anilines is 3. The number of morpholine rings is 1. The van der Waals surface area contributed by atoms with E-state index in [9.17, 15) is 0 Å². The lowest BCUT2D eigenvalue weighted by molar-refractivity contribution is 0.0360. The van der Waals surface area contributed by atoms with Crippen LogP contribution in [0.25, 0.3) is 22.2 Å². The number of aromatic nitrogens is 6. The molecule has 0 unspecified atom stereocenters. The molecule has 212 valence electrons. The SMILES string of the molecule is COC1CCN(c2nccc(Nc3cc4c(cn3)c(-c3ccn(CCN5CCOCC5)n3)cn4C(C)C)n2)CC1. The van der Waals surface area contributed by atoms with Gasteiger partial charge in [0.05, 0.1) is 37.1 Å². The van der Waals surface area contributed by atoms with E-state index < -0.39 is 0 Å². The normalized spacial score (nSPS) is 17.2. The Morgan fingerprint density at radius 2 is 1.88 bits per heavy atom. The molecule has 1 N–H and O–H groups in total. The van der Waals surface area contributed by atoms with Crippen molar-refractivity contribution < 1.29 is 9.47 Å². The quantitative estimate of drug-likeness (QED) is 0.335. The topological polar surface area (TPSA) is 98.4 Å². The van der Waals surface area contributed by atoms with Gasteiger partial charge in [-0.15, -0.1) is 0 Å². The Labute approximate surface area is 235 Å². The first-order valence-corrected chi connectivity index (χ1v) is 14.3. The van der Waals surface area contributed by atoms with Gasteiger partial charge in [0.2, 0.25) is 5.95 Å². The van der Waals surface area contributed by atoms with Crippen LogP contribution in [0.15, 0.2) is 43.0 Å². The zero-order chi connectivity index (χ0) is 27.5. The van der Waals surface area contributed by atoms with Gasteiger partial charge in [-0.2, -0.15) is 10.1 Å². The number of methoxy groups -OCH3 is 1. The van der Waals surface area contributed by atoms with E-state index in [1.165, 1.54) is 0 Å². The van der Waals surface area contributed by atoms with Crippen molar-refractivity contribution in [3.8, 4) is 11.3 Å². The number of ether oxygens (including phenoxy) is 2. The second-order valence-electron chi connectivity index (χ2n) is 10.8. The summed E-state index contributed by atoms with van der Waals surface area (Å²) in [6.07, 6.45) is 10.3. The zero-order valence-corrected chi connectivity index (χ0v) is 23.7. The van der Waals surface area contributed by atoms with Gasteiger partial charge in [-0.05, 0) is 38.8 Å². The van der Waals surface area contributed by atoms with E-state index in [0.29, 0.717) is 6.10 Å². The molecule has 2 aliphatic heterocycles. The molecule has 11 nitrogen and oxygen atoms in total. The molecular weight excluding hydrogens is 506 g/mol. The van der Waals surface area contributed by atoms with Crippen molar-refractivity contribution in [2.24, 2.45) is 0 Å². The van der Waals surface area contributed by atoms with Crippen molar-refractivity contribution in [1.29, 1.82) is 0 Å². The molecule has 0 aromatic carbocycles. The predicted octanol–water partition coefficient (Wildman–Crippen LogP) is 3.96. The van der Waals surface area contributed by atoms with E-state index in [-0.39, 0.29) is 6.04 Å². The fourth-order valence-corrected chi connectivity index (χ4v) is 5.54. The largest absolute Gasteiger partial charge is 0.381 e. The molecule has 6 rings (SSSR count). The van der Waals surface area contributed by atoms with Crippen LogP contribution in [0.2, 0.25) is 0 Å². The van der Waals surface area contributed by atoms with Crippen molar-refractivity contribution in [2.45, 2.75) is 45.4 Å². The van der Waals surface area contributed by atoms with E-state index in [2.05, 4.69) is 63.0 Å². The smallest absolute Gasteiger partial charge is 0.227 e. The number of hydrogen-bond donors (Lipinski definition) is 1. The Morgan fingerprint density at radius 3 is 2.65 bits per heavy atom. The van der Waals surface area contributed by atoms with Crippen LogP contribution in [0, 0.1) is 0 Å². The van der Waals surface area contributed by atoms with Gasteiger partial charge in [0.15, 0.2) is 0 Å². The summed E-state index contributed by atoms with van der Waals surface area (Å²) in [4.78, 5) is 18.7. The first-order valence-electron chi connectivity index (χ1n) is 14.3. The molecule has 0 amide bonds. The third-order valence-corrected chi connectivity index (χ3v) is 7.90. The van der Waals surface area contributed by atoms with Gasteiger partial charge < -0.3 is 24.3 Å². The van der Waals surface area contributed by atoms with Crippen LogP contribution in [0.1, 0.15) is 32.7 Å². The molecule has 0 radical (unpaired) electrons. The third kappa shape index (κ3) is 5.81. The van der Waals surface area contributed by atoms with Crippen molar-refractivity contribution in [3.63, 3.8) is 0 Å². The predicted molar refractivity (Wildman–Crippen MR) is 156 cm³/mol. The second-order valence-corrected chi connectivity index (χ2v) is 10.8. The van der Waals surface area contributed by atoms with Crippen molar-refractivity contribution in [2.75, 3.05) is 63.3 Å². The van der Waals surface area contributed by atoms with Gasteiger partial charge in [0.25, 0.3) is 0 Å². The minimum atomic E-state index is 0.288. The van der Waals surface area contributed by atoms with Gasteiger partial charge in [0.1, 0.15) is 11.6 Å². The van der Waals surface area contributed by atoms with Crippen LogP contribution in [0.5, 0.6) is 0 Å². The number of fused-ring (bicyclic) bond motifs is 1. The van der Waals surface area contributed by atoms with Crippen LogP contribution >= 0.6 is 0 Å². The van der Waals surface area contributed by atoms with E-state index >= 15 is 0 Å². The standard InChI is InChI=1S/C29H39N9O2/c1-21(2)38-20-24(25-7-11-37(34-25)13-12-35-14-16-40-17-15-35)23-19-31-28(18-26(23)38)32-27-4-8-30-29(33-27)36-9-5-22(39-3)6-10-36/h4,7-8,11,18-22H,5-6,9-10,12-17H2,1-3H3,(H,30,31,32,33). The van der Waals surface area contributed by atoms with Gasteiger partial charge in [-0.1, -0.05) is 0 Å². The molecule has 11 heteroatoms. The van der Waals surface area contributed by atoms with Crippen molar-refractivity contribution in [1.82, 2.24) is 34.2 Å². The first kappa shape index (κ1) is 26.7. The second kappa shape index (κ2) is 11.9. The highest BCUT2D eigenvalue weighted by Gasteiger charge is 2.21. The lowest BCUT2D eigenvalue weighted by Crippen LogP contribution is -2.38. The number of rotatable bonds is 9. The Kier molecular flexibility index (Phi) is 7.94. The van der Waals surface area contributed by atoms with Crippen LogP contribution < -0.4 is 10.2 Å². The Balaban J connectivity index is 1.20. The van der Waals surface area contributed by atoms with E-state index in [1.807, 2.05) is 16.9 Å². The number of hydrogen-bond acceptors (Lipinski definition) is 9. The summed E-state index contributed by atoms with van der Waals surface area (Å²) in [5.74, 6) is 2.21. The highest BCUT2D eigenvalue weighted by molar-refractivity contribution is 5.96. The molecule has 4 aromatic heterocycles. The minimum Gasteiger partial charge on any atom is -0.381 e. The molecule has 40 heavy (non-hydrogen) atoms. The zero-order valence-electron chi connectivity index (χ0n) is 23.7. The van der Waals surface area contributed by atoms with Crippen molar-refractivity contribution >= 4 is 28.5 Å². The fraction of sp³-hybridized carbons (Fsp3) is 0.517. The molecular formula is C29H39N9O2. The van der Waals surface area contributed by atoms with Crippen LogP contribution in [0.4, 0.5) is 17.6 Å². The summed E-state index contributed by atoms with van der Waals surface area (Å²) in [6.45, 7) is 11.6. The third-order valence-electron chi connectivity index (χ3n) is 7.90. The average Bonchev–Trinajstić information content (AvgIpc) is 3.61. The summed E-state index contributed by atoms with van der Waals surface area (Å²) < 4.78 is 15.3. The molecule has 2 aliphatic rings. The Morgan fingerprint density at radius 1 is 1.05 bits per heavy atom. The van der Waals surface area contributed by atoms with Crippen LogP contribution in [-0.4, -0.2) is 93.4 Å². The maximum Gasteiger partial charge on any atom is 0.227 e. The molecule has 0 saturated carbocycles. The van der Waals surface area contributed by atoms with Gasteiger partial charge >= 0.3 is 0 Å². The average molecular weight is 546 g/mol. The number of piperidine rings is 1. The maximum absolute atomic E-state index is 5.50. The summed E-state index contributed by atoms with van der Waals surface area (Å²) in [5, 5.41) is 9.40. The minimum absolute atomic E-state index is 0.288. The molecule has 6 heterocycles. The van der Waals surface area contributed by atoms with Gasteiger partial charge in [0, 0.05) is 87.7 Å². The summed E-state index contributed by atoms with van der Waals surface area (Å²) in [6, 6.07) is 6.37. The fourth-order valence-electron chi connectivity index (χ4n) is 5.54.